The second kappa shape index (κ2) is 5.58. The number of hydrogen-bond donors (Lipinski definition) is 3. The topological polar surface area (TPSA) is 58.3 Å². The Labute approximate surface area is 80.7 Å². The summed E-state index contributed by atoms with van der Waals surface area (Å²) >= 11 is 0. The van der Waals surface area contributed by atoms with Crippen LogP contribution in [0, 0.1) is 0 Å². The molecule has 1 rings (SSSR count). The van der Waals surface area contributed by atoms with Crippen molar-refractivity contribution in [2.75, 3.05) is 6.54 Å². The molecule has 0 bridgehead atoms. The largest absolute Gasteiger partial charge is 0.393 e. The second-order valence-corrected chi connectivity index (χ2v) is 4.22. The Bertz CT molecular complexity index is 139. The summed E-state index contributed by atoms with van der Waals surface area (Å²) in [5.41, 5.74) is 5.87. The molecule has 0 heterocycles. The van der Waals surface area contributed by atoms with Crippen LogP contribution in [0.4, 0.5) is 0 Å². The van der Waals surface area contributed by atoms with E-state index in [9.17, 15) is 0 Å². The first-order chi connectivity index (χ1) is 6.18. The maximum absolute atomic E-state index is 9.07. The van der Waals surface area contributed by atoms with Crippen LogP contribution in [-0.2, 0) is 0 Å². The van der Waals surface area contributed by atoms with E-state index in [1.807, 2.05) is 6.92 Å². The molecule has 0 radical (unpaired) electrons. The second-order valence-electron chi connectivity index (χ2n) is 4.22. The Morgan fingerprint density at radius 3 is 2.92 bits per heavy atom. The molecule has 3 nitrogen and oxygen atoms in total. The number of aliphatic hydroxyl groups excluding tert-OH is 1. The standard InChI is InChI=1S/C10H22N2O/c1-8(13)5-6-12-10-4-2-3-9(11)7-10/h8-10,12-13H,2-7,11H2,1H3. The third kappa shape index (κ3) is 4.60. The summed E-state index contributed by atoms with van der Waals surface area (Å²) in [5, 5.41) is 12.5. The summed E-state index contributed by atoms with van der Waals surface area (Å²) in [6.45, 7) is 2.74. The molecule has 0 amide bonds. The average molecular weight is 186 g/mol. The van der Waals surface area contributed by atoms with Gasteiger partial charge in [0.15, 0.2) is 0 Å². The third-order valence-corrected chi connectivity index (χ3v) is 2.71. The molecular formula is C10H22N2O. The van der Waals surface area contributed by atoms with Crippen LogP contribution in [-0.4, -0.2) is 29.8 Å². The molecule has 1 aliphatic rings. The highest BCUT2D eigenvalue weighted by Crippen LogP contribution is 2.16. The molecular weight excluding hydrogens is 164 g/mol. The zero-order valence-electron chi connectivity index (χ0n) is 8.50. The van der Waals surface area contributed by atoms with Gasteiger partial charge in [0.2, 0.25) is 0 Å². The van der Waals surface area contributed by atoms with E-state index in [-0.39, 0.29) is 6.10 Å². The molecule has 3 heteroatoms. The summed E-state index contributed by atoms with van der Waals surface area (Å²) in [6.07, 6.45) is 5.41. The van der Waals surface area contributed by atoms with E-state index in [4.69, 9.17) is 10.8 Å². The Morgan fingerprint density at radius 2 is 2.31 bits per heavy atom. The molecule has 0 aliphatic heterocycles. The quantitative estimate of drug-likeness (QED) is 0.603. The van der Waals surface area contributed by atoms with Gasteiger partial charge in [0.05, 0.1) is 6.10 Å². The molecule has 0 saturated heterocycles. The molecule has 0 aromatic rings. The van der Waals surface area contributed by atoms with Gasteiger partial charge in [-0.3, -0.25) is 0 Å². The van der Waals surface area contributed by atoms with Crippen LogP contribution in [0.15, 0.2) is 0 Å². The lowest BCUT2D eigenvalue weighted by atomic mass is 9.91. The fourth-order valence-corrected chi connectivity index (χ4v) is 1.91. The van der Waals surface area contributed by atoms with Gasteiger partial charge in [0, 0.05) is 12.1 Å². The third-order valence-electron chi connectivity index (χ3n) is 2.71. The fraction of sp³-hybridized carbons (Fsp3) is 1.00. The van der Waals surface area contributed by atoms with Crippen molar-refractivity contribution in [2.24, 2.45) is 5.73 Å². The lowest BCUT2D eigenvalue weighted by Crippen LogP contribution is -2.40. The van der Waals surface area contributed by atoms with Gasteiger partial charge in [-0.15, -0.1) is 0 Å². The van der Waals surface area contributed by atoms with Crippen molar-refractivity contribution in [1.29, 1.82) is 0 Å². The Hall–Kier alpha value is -0.120. The molecule has 0 spiro atoms. The van der Waals surface area contributed by atoms with E-state index in [1.165, 1.54) is 19.3 Å². The summed E-state index contributed by atoms with van der Waals surface area (Å²) in [7, 11) is 0. The molecule has 4 N–H and O–H groups in total. The number of hydrogen-bond acceptors (Lipinski definition) is 3. The van der Waals surface area contributed by atoms with Crippen LogP contribution in [0.1, 0.15) is 39.0 Å². The van der Waals surface area contributed by atoms with E-state index in [0.717, 1.165) is 19.4 Å². The van der Waals surface area contributed by atoms with Crippen LogP contribution in [0.2, 0.25) is 0 Å². The Kier molecular flexibility index (Phi) is 4.70. The first-order valence-corrected chi connectivity index (χ1v) is 5.35. The Balaban J connectivity index is 2.06. The minimum atomic E-state index is -0.190. The van der Waals surface area contributed by atoms with Gasteiger partial charge in [-0.2, -0.15) is 0 Å². The van der Waals surface area contributed by atoms with Gasteiger partial charge in [-0.05, 0) is 39.2 Å². The molecule has 3 unspecified atom stereocenters. The minimum absolute atomic E-state index is 0.190. The average Bonchev–Trinajstić information content (AvgIpc) is 2.03. The normalized spacial score (nSPS) is 31.6. The van der Waals surface area contributed by atoms with Gasteiger partial charge in [-0.1, -0.05) is 6.42 Å². The van der Waals surface area contributed by atoms with Crippen molar-refractivity contribution in [3.8, 4) is 0 Å². The van der Waals surface area contributed by atoms with Crippen molar-refractivity contribution in [3.05, 3.63) is 0 Å². The van der Waals surface area contributed by atoms with Crippen LogP contribution >= 0.6 is 0 Å². The maximum Gasteiger partial charge on any atom is 0.0524 e. The van der Waals surface area contributed by atoms with Crippen LogP contribution in [0.3, 0.4) is 0 Å². The zero-order valence-corrected chi connectivity index (χ0v) is 8.50. The van der Waals surface area contributed by atoms with E-state index in [0.29, 0.717) is 12.1 Å². The van der Waals surface area contributed by atoms with Gasteiger partial charge >= 0.3 is 0 Å². The van der Waals surface area contributed by atoms with Crippen molar-refractivity contribution in [1.82, 2.24) is 5.32 Å². The highest BCUT2D eigenvalue weighted by molar-refractivity contribution is 4.79. The molecule has 0 aromatic carbocycles. The number of nitrogens with two attached hydrogens (primary N) is 1. The summed E-state index contributed by atoms with van der Waals surface area (Å²) in [6, 6.07) is 0.972. The lowest BCUT2D eigenvalue weighted by molar-refractivity contribution is 0.180. The van der Waals surface area contributed by atoms with E-state index < -0.39 is 0 Å². The van der Waals surface area contributed by atoms with Crippen LogP contribution in [0.25, 0.3) is 0 Å². The Morgan fingerprint density at radius 1 is 1.54 bits per heavy atom. The van der Waals surface area contributed by atoms with Gasteiger partial charge in [0.1, 0.15) is 0 Å². The predicted molar refractivity (Wildman–Crippen MR) is 54.5 cm³/mol. The minimum Gasteiger partial charge on any atom is -0.393 e. The number of nitrogens with one attached hydrogen (secondary N) is 1. The van der Waals surface area contributed by atoms with Crippen molar-refractivity contribution >= 4 is 0 Å². The SMILES string of the molecule is CC(O)CCNC1CCCC(N)C1. The maximum atomic E-state index is 9.07. The van der Waals surface area contributed by atoms with Crippen LogP contribution < -0.4 is 11.1 Å². The highest BCUT2D eigenvalue weighted by Gasteiger charge is 2.18. The fourth-order valence-electron chi connectivity index (χ4n) is 1.91. The predicted octanol–water partition coefficient (Wildman–Crippen LogP) is 0.617. The molecule has 13 heavy (non-hydrogen) atoms. The smallest absolute Gasteiger partial charge is 0.0524 e. The number of rotatable bonds is 4. The monoisotopic (exact) mass is 186 g/mol. The van der Waals surface area contributed by atoms with E-state index >= 15 is 0 Å². The first-order valence-electron chi connectivity index (χ1n) is 5.35. The van der Waals surface area contributed by atoms with E-state index in [2.05, 4.69) is 5.32 Å². The van der Waals surface area contributed by atoms with Crippen molar-refractivity contribution < 1.29 is 5.11 Å². The summed E-state index contributed by atoms with van der Waals surface area (Å²) < 4.78 is 0. The summed E-state index contributed by atoms with van der Waals surface area (Å²) in [4.78, 5) is 0. The van der Waals surface area contributed by atoms with Crippen LogP contribution in [0.5, 0.6) is 0 Å². The molecule has 78 valence electrons. The molecule has 1 aliphatic carbocycles. The summed E-state index contributed by atoms with van der Waals surface area (Å²) in [5.74, 6) is 0. The molecule has 3 atom stereocenters. The van der Waals surface area contributed by atoms with E-state index in [1.54, 1.807) is 0 Å². The van der Waals surface area contributed by atoms with Crippen molar-refractivity contribution in [3.63, 3.8) is 0 Å². The highest BCUT2D eigenvalue weighted by atomic mass is 16.3. The van der Waals surface area contributed by atoms with Crippen molar-refractivity contribution in [2.45, 2.75) is 57.2 Å². The van der Waals surface area contributed by atoms with Gasteiger partial charge in [-0.25, -0.2) is 0 Å². The lowest BCUT2D eigenvalue weighted by Gasteiger charge is -2.27. The van der Waals surface area contributed by atoms with Gasteiger partial charge in [0.25, 0.3) is 0 Å². The molecule has 0 aromatic heterocycles. The molecule has 1 fully saturated rings. The number of aliphatic hydroxyl groups is 1. The van der Waals surface area contributed by atoms with Gasteiger partial charge < -0.3 is 16.2 Å². The molecule has 1 saturated carbocycles. The zero-order chi connectivity index (χ0) is 9.68. The first kappa shape index (κ1) is 11.0.